The van der Waals surface area contributed by atoms with Gasteiger partial charge < -0.3 is 14.8 Å². The number of rotatable bonds is 2. The molecule has 2 heterocycles. The SMILES string of the molecule is CN[C@@H]1COCc2nc(OC)ccc21. The average Bonchev–Trinajstić information content (AvgIpc) is 2.27. The second-order valence-electron chi connectivity index (χ2n) is 3.25. The van der Waals surface area contributed by atoms with Crippen molar-refractivity contribution < 1.29 is 9.47 Å². The minimum Gasteiger partial charge on any atom is -0.481 e. The van der Waals surface area contributed by atoms with Gasteiger partial charge in [0, 0.05) is 6.07 Å². The van der Waals surface area contributed by atoms with E-state index in [1.807, 2.05) is 19.2 Å². The summed E-state index contributed by atoms with van der Waals surface area (Å²) in [5, 5.41) is 3.19. The van der Waals surface area contributed by atoms with Crippen molar-refractivity contribution in [3.63, 3.8) is 0 Å². The first kappa shape index (κ1) is 9.43. The molecule has 0 unspecified atom stereocenters. The fourth-order valence-electron chi connectivity index (χ4n) is 1.64. The van der Waals surface area contributed by atoms with Crippen molar-refractivity contribution in [1.29, 1.82) is 0 Å². The van der Waals surface area contributed by atoms with Crippen molar-refractivity contribution in [3.8, 4) is 5.88 Å². The van der Waals surface area contributed by atoms with E-state index in [1.54, 1.807) is 7.11 Å². The van der Waals surface area contributed by atoms with Gasteiger partial charge in [0.1, 0.15) is 0 Å². The summed E-state index contributed by atoms with van der Waals surface area (Å²) in [6.07, 6.45) is 0. The number of hydrogen-bond acceptors (Lipinski definition) is 4. The summed E-state index contributed by atoms with van der Waals surface area (Å²) in [7, 11) is 3.54. The first-order valence-corrected chi connectivity index (χ1v) is 4.64. The van der Waals surface area contributed by atoms with Gasteiger partial charge in [0.15, 0.2) is 0 Å². The van der Waals surface area contributed by atoms with Crippen LogP contribution >= 0.6 is 0 Å². The zero-order valence-corrected chi connectivity index (χ0v) is 8.41. The topological polar surface area (TPSA) is 43.4 Å². The molecular formula is C10H14N2O2. The number of aromatic nitrogens is 1. The Labute approximate surface area is 83.2 Å². The van der Waals surface area contributed by atoms with Gasteiger partial charge >= 0.3 is 0 Å². The molecule has 1 N–H and O–H groups in total. The van der Waals surface area contributed by atoms with Crippen LogP contribution in [0.1, 0.15) is 17.3 Å². The zero-order chi connectivity index (χ0) is 9.97. The maximum atomic E-state index is 5.42. The Morgan fingerprint density at radius 3 is 3.14 bits per heavy atom. The lowest BCUT2D eigenvalue weighted by Crippen LogP contribution is -2.27. The van der Waals surface area contributed by atoms with E-state index in [2.05, 4.69) is 10.3 Å². The van der Waals surface area contributed by atoms with Gasteiger partial charge in [-0.1, -0.05) is 6.07 Å². The van der Waals surface area contributed by atoms with E-state index < -0.39 is 0 Å². The number of pyridine rings is 1. The third kappa shape index (κ3) is 1.58. The highest BCUT2D eigenvalue weighted by Crippen LogP contribution is 2.24. The van der Waals surface area contributed by atoms with Crippen LogP contribution < -0.4 is 10.1 Å². The molecule has 0 bridgehead atoms. The average molecular weight is 194 g/mol. The summed E-state index contributed by atoms with van der Waals surface area (Å²) in [6.45, 7) is 1.28. The number of ether oxygens (including phenoxy) is 2. The van der Waals surface area contributed by atoms with E-state index in [0.29, 0.717) is 19.1 Å². The fourth-order valence-corrected chi connectivity index (χ4v) is 1.64. The second kappa shape index (κ2) is 3.94. The van der Waals surface area contributed by atoms with Gasteiger partial charge in [-0.05, 0) is 12.6 Å². The smallest absolute Gasteiger partial charge is 0.213 e. The number of nitrogens with one attached hydrogen (secondary N) is 1. The minimum atomic E-state index is 0.247. The number of fused-ring (bicyclic) bond motifs is 1. The normalized spacial score (nSPS) is 20.3. The van der Waals surface area contributed by atoms with Crippen molar-refractivity contribution in [1.82, 2.24) is 10.3 Å². The van der Waals surface area contributed by atoms with E-state index in [9.17, 15) is 0 Å². The van der Waals surface area contributed by atoms with E-state index in [1.165, 1.54) is 5.56 Å². The van der Waals surface area contributed by atoms with E-state index >= 15 is 0 Å². The summed E-state index contributed by atoms with van der Waals surface area (Å²) < 4.78 is 10.5. The van der Waals surface area contributed by atoms with Crippen molar-refractivity contribution in [3.05, 3.63) is 23.4 Å². The summed E-state index contributed by atoms with van der Waals surface area (Å²) >= 11 is 0. The van der Waals surface area contributed by atoms with Crippen molar-refractivity contribution in [2.24, 2.45) is 0 Å². The molecule has 2 rings (SSSR count). The first-order valence-electron chi connectivity index (χ1n) is 4.64. The predicted octanol–water partition coefficient (Wildman–Crippen LogP) is 0.881. The van der Waals surface area contributed by atoms with Crippen LogP contribution in [0.25, 0.3) is 0 Å². The van der Waals surface area contributed by atoms with Gasteiger partial charge in [0.25, 0.3) is 0 Å². The number of likely N-dealkylation sites (N-methyl/N-ethyl adjacent to an activating group) is 1. The van der Waals surface area contributed by atoms with E-state index in [4.69, 9.17) is 9.47 Å². The number of nitrogens with zero attached hydrogens (tertiary/aromatic N) is 1. The van der Waals surface area contributed by atoms with E-state index in [-0.39, 0.29) is 6.04 Å². The van der Waals surface area contributed by atoms with Crippen LogP contribution in [-0.2, 0) is 11.3 Å². The highest BCUT2D eigenvalue weighted by molar-refractivity contribution is 5.29. The van der Waals surface area contributed by atoms with Crippen molar-refractivity contribution >= 4 is 0 Å². The molecule has 1 aromatic heterocycles. The standard InChI is InChI=1S/C10H14N2O2/c1-11-8-5-14-6-9-7(8)3-4-10(12-9)13-2/h3-4,8,11H,5-6H2,1-2H3/t8-/m1/s1. The molecule has 4 heteroatoms. The molecule has 1 aliphatic rings. The summed E-state index contributed by atoms with van der Waals surface area (Å²) in [6, 6.07) is 4.18. The van der Waals surface area contributed by atoms with Gasteiger partial charge in [0.05, 0.1) is 32.1 Å². The first-order chi connectivity index (χ1) is 6.85. The highest BCUT2D eigenvalue weighted by atomic mass is 16.5. The molecule has 14 heavy (non-hydrogen) atoms. The van der Waals surface area contributed by atoms with Gasteiger partial charge in [-0.2, -0.15) is 0 Å². The summed E-state index contributed by atoms with van der Waals surface area (Å²) in [5.74, 6) is 0.643. The predicted molar refractivity (Wildman–Crippen MR) is 52.2 cm³/mol. The molecule has 0 amide bonds. The van der Waals surface area contributed by atoms with Crippen LogP contribution in [-0.4, -0.2) is 25.7 Å². The van der Waals surface area contributed by atoms with Crippen LogP contribution in [0.3, 0.4) is 0 Å². The van der Waals surface area contributed by atoms with E-state index in [0.717, 1.165) is 5.69 Å². The van der Waals surface area contributed by atoms with Crippen LogP contribution in [0.4, 0.5) is 0 Å². The van der Waals surface area contributed by atoms with Crippen LogP contribution in [0.2, 0.25) is 0 Å². The Kier molecular flexibility index (Phi) is 2.65. The molecule has 4 nitrogen and oxygen atoms in total. The zero-order valence-electron chi connectivity index (χ0n) is 8.41. The Bertz CT molecular complexity index is 328. The molecule has 0 aliphatic carbocycles. The largest absolute Gasteiger partial charge is 0.481 e. The maximum Gasteiger partial charge on any atom is 0.213 e. The minimum absolute atomic E-state index is 0.247. The molecule has 0 radical (unpaired) electrons. The maximum absolute atomic E-state index is 5.42. The van der Waals surface area contributed by atoms with Gasteiger partial charge in [-0.3, -0.25) is 0 Å². The van der Waals surface area contributed by atoms with Gasteiger partial charge in [0.2, 0.25) is 5.88 Å². The number of methoxy groups -OCH3 is 1. The molecule has 0 spiro atoms. The molecule has 1 atom stereocenters. The summed E-state index contributed by atoms with van der Waals surface area (Å²) in [5.41, 5.74) is 2.18. The monoisotopic (exact) mass is 194 g/mol. The van der Waals surface area contributed by atoms with Crippen molar-refractivity contribution in [2.45, 2.75) is 12.6 Å². The Morgan fingerprint density at radius 1 is 1.57 bits per heavy atom. The molecule has 0 saturated heterocycles. The Morgan fingerprint density at radius 2 is 2.43 bits per heavy atom. The third-order valence-corrected chi connectivity index (χ3v) is 2.44. The Balaban J connectivity index is 2.35. The molecule has 0 saturated carbocycles. The van der Waals surface area contributed by atoms with Crippen molar-refractivity contribution in [2.75, 3.05) is 20.8 Å². The quantitative estimate of drug-likeness (QED) is 0.759. The molecule has 1 aliphatic heterocycles. The second-order valence-corrected chi connectivity index (χ2v) is 3.25. The van der Waals surface area contributed by atoms with Crippen LogP contribution in [0.5, 0.6) is 5.88 Å². The fraction of sp³-hybridized carbons (Fsp3) is 0.500. The number of hydrogen-bond donors (Lipinski definition) is 1. The lowest BCUT2D eigenvalue weighted by Gasteiger charge is -2.24. The van der Waals surface area contributed by atoms with Crippen LogP contribution in [0, 0.1) is 0 Å². The lowest BCUT2D eigenvalue weighted by molar-refractivity contribution is 0.0808. The lowest BCUT2D eigenvalue weighted by atomic mass is 10.0. The molecule has 76 valence electrons. The third-order valence-electron chi connectivity index (χ3n) is 2.44. The Hall–Kier alpha value is -1.13. The summed E-state index contributed by atoms with van der Waals surface area (Å²) in [4.78, 5) is 4.34. The molecule has 0 aromatic carbocycles. The molecule has 0 fully saturated rings. The van der Waals surface area contributed by atoms with Gasteiger partial charge in [-0.25, -0.2) is 4.98 Å². The molecule has 1 aromatic rings. The molecular weight excluding hydrogens is 180 g/mol. The van der Waals surface area contributed by atoms with Gasteiger partial charge in [-0.15, -0.1) is 0 Å². The highest BCUT2D eigenvalue weighted by Gasteiger charge is 2.20. The van der Waals surface area contributed by atoms with Crippen LogP contribution in [0.15, 0.2) is 12.1 Å².